The molecule has 2 aliphatic rings. The molecule has 0 aromatic rings. The normalized spacial score (nSPS) is 39.4. The molecule has 2 fully saturated rings. The summed E-state index contributed by atoms with van der Waals surface area (Å²) in [5.74, 6) is 0. The van der Waals surface area contributed by atoms with E-state index >= 15 is 0 Å². The van der Waals surface area contributed by atoms with Crippen molar-refractivity contribution in [2.24, 2.45) is 0 Å². The highest BCUT2D eigenvalue weighted by Gasteiger charge is 2.41. The Morgan fingerprint density at radius 1 is 1.31 bits per heavy atom. The van der Waals surface area contributed by atoms with E-state index in [0.29, 0.717) is 10.9 Å². The molecule has 16 heavy (non-hydrogen) atoms. The van der Waals surface area contributed by atoms with Gasteiger partial charge in [-0.3, -0.25) is 0 Å². The molecule has 1 saturated carbocycles. The molecular formula is C12H21BrO3. The van der Waals surface area contributed by atoms with Gasteiger partial charge in [0.05, 0.1) is 24.9 Å². The van der Waals surface area contributed by atoms with E-state index in [1.165, 1.54) is 12.8 Å². The Morgan fingerprint density at radius 2 is 2.19 bits per heavy atom. The van der Waals surface area contributed by atoms with E-state index in [0.717, 1.165) is 32.7 Å². The molecule has 0 amide bonds. The Labute approximate surface area is 106 Å². The molecule has 4 unspecified atom stereocenters. The summed E-state index contributed by atoms with van der Waals surface area (Å²) in [6, 6.07) is 0. The smallest absolute Gasteiger partial charge is 0.0962 e. The predicted octanol–water partition coefficient (Wildman–Crippen LogP) is 2.51. The van der Waals surface area contributed by atoms with E-state index in [9.17, 15) is 0 Å². The number of halogens is 1. The number of hydrogen-bond donors (Lipinski definition) is 0. The number of ether oxygens (including phenoxy) is 3. The van der Waals surface area contributed by atoms with Gasteiger partial charge < -0.3 is 14.2 Å². The molecule has 94 valence electrons. The fraction of sp³-hybridized carbons (Fsp3) is 1.00. The Bertz CT molecular complexity index is 206. The molecule has 0 radical (unpaired) electrons. The van der Waals surface area contributed by atoms with Crippen molar-refractivity contribution in [3.8, 4) is 0 Å². The number of hydrogen-bond acceptors (Lipinski definition) is 3. The first-order valence-corrected chi connectivity index (χ1v) is 7.21. The van der Waals surface area contributed by atoms with Crippen molar-refractivity contribution in [2.75, 3.05) is 19.8 Å². The lowest BCUT2D eigenvalue weighted by atomic mass is 9.91. The molecule has 1 aliphatic heterocycles. The zero-order chi connectivity index (χ0) is 11.4. The van der Waals surface area contributed by atoms with Gasteiger partial charge in [-0.25, -0.2) is 0 Å². The third-order valence-electron chi connectivity index (χ3n) is 3.31. The minimum atomic E-state index is 0.230. The van der Waals surface area contributed by atoms with E-state index in [2.05, 4.69) is 15.9 Å². The highest BCUT2D eigenvalue weighted by Crippen LogP contribution is 2.33. The van der Waals surface area contributed by atoms with Gasteiger partial charge in [-0.15, -0.1) is 0 Å². The van der Waals surface area contributed by atoms with Gasteiger partial charge in [0.15, 0.2) is 0 Å². The van der Waals surface area contributed by atoms with Crippen molar-refractivity contribution in [3.63, 3.8) is 0 Å². The molecule has 4 atom stereocenters. The van der Waals surface area contributed by atoms with Crippen molar-refractivity contribution in [2.45, 2.75) is 55.7 Å². The molecule has 0 spiro atoms. The van der Waals surface area contributed by atoms with Crippen LogP contribution in [0.2, 0.25) is 0 Å². The van der Waals surface area contributed by atoms with E-state index in [-0.39, 0.29) is 12.2 Å². The average Bonchev–Trinajstić information content (AvgIpc) is 2.32. The third kappa shape index (κ3) is 3.19. The van der Waals surface area contributed by atoms with Gasteiger partial charge in [0.25, 0.3) is 0 Å². The summed E-state index contributed by atoms with van der Waals surface area (Å²) in [5.41, 5.74) is 0. The van der Waals surface area contributed by atoms with Crippen molar-refractivity contribution in [1.29, 1.82) is 0 Å². The largest absolute Gasteiger partial charge is 0.376 e. The fourth-order valence-electron chi connectivity index (χ4n) is 2.26. The quantitative estimate of drug-likeness (QED) is 0.729. The Balaban J connectivity index is 1.65. The molecule has 0 N–H and O–H groups in total. The van der Waals surface area contributed by atoms with E-state index in [1.807, 2.05) is 6.92 Å². The lowest BCUT2D eigenvalue weighted by Gasteiger charge is -2.41. The average molecular weight is 293 g/mol. The van der Waals surface area contributed by atoms with Gasteiger partial charge >= 0.3 is 0 Å². The lowest BCUT2D eigenvalue weighted by molar-refractivity contribution is -0.143. The first kappa shape index (κ1) is 12.8. The van der Waals surface area contributed by atoms with Crippen molar-refractivity contribution in [3.05, 3.63) is 0 Å². The van der Waals surface area contributed by atoms with Crippen LogP contribution in [0.15, 0.2) is 0 Å². The lowest BCUT2D eigenvalue weighted by Crippen LogP contribution is -2.51. The van der Waals surface area contributed by atoms with Crippen LogP contribution in [-0.2, 0) is 14.2 Å². The summed E-state index contributed by atoms with van der Waals surface area (Å²) >= 11 is 3.60. The zero-order valence-corrected chi connectivity index (χ0v) is 11.4. The van der Waals surface area contributed by atoms with Crippen LogP contribution in [-0.4, -0.2) is 43.0 Å². The second-order valence-corrected chi connectivity index (χ2v) is 5.71. The van der Waals surface area contributed by atoms with Crippen LogP contribution in [0, 0.1) is 0 Å². The van der Waals surface area contributed by atoms with Gasteiger partial charge in [0.2, 0.25) is 0 Å². The van der Waals surface area contributed by atoms with Gasteiger partial charge in [0, 0.05) is 18.0 Å². The third-order valence-corrected chi connectivity index (χ3v) is 4.20. The molecule has 1 aliphatic carbocycles. The van der Waals surface area contributed by atoms with Crippen molar-refractivity contribution >= 4 is 15.9 Å². The zero-order valence-electron chi connectivity index (χ0n) is 9.86. The van der Waals surface area contributed by atoms with Gasteiger partial charge in [0.1, 0.15) is 0 Å². The molecule has 1 saturated heterocycles. The SMILES string of the molecule is CCOC1C(Br)CC1OCC1CCCCO1. The molecule has 2 rings (SSSR count). The van der Waals surface area contributed by atoms with Crippen LogP contribution in [0.1, 0.15) is 32.6 Å². The molecule has 0 aromatic carbocycles. The Kier molecular flexibility index (Phi) is 5.07. The summed E-state index contributed by atoms with van der Waals surface area (Å²) in [6.07, 6.45) is 5.47. The minimum absolute atomic E-state index is 0.230. The minimum Gasteiger partial charge on any atom is -0.376 e. The standard InChI is InChI=1S/C12H21BrO3/c1-2-14-12-10(13)7-11(12)16-8-9-5-3-4-6-15-9/h9-12H,2-8H2,1H3. The van der Waals surface area contributed by atoms with Gasteiger partial charge in [-0.1, -0.05) is 15.9 Å². The predicted molar refractivity (Wildman–Crippen MR) is 66.1 cm³/mol. The van der Waals surface area contributed by atoms with Crippen molar-refractivity contribution in [1.82, 2.24) is 0 Å². The summed E-state index contributed by atoms with van der Waals surface area (Å²) < 4.78 is 17.1. The van der Waals surface area contributed by atoms with Crippen LogP contribution in [0.3, 0.4) is 0 Å². The maximum absolute atomic E-state index is 5.87. The highest BCUT2D eigenvalue weighted by molar-refractivity contribution is 9.09. The van der Waals surface area contributed by atoms with E-state index in [1.54, 1.807) is 0 Å². The molecule has 0 aromatic heterocycles. The number of alkyl halides is 1. The molecule has 4 heteroatoms. The van der Waals surface area contributed by atoms with Crippen LogP contribution >= 0.6 is 15.9 Å². The van der Waals surface area contributed by atoms with E-state index < -0.39 is 0 Å². The summed E-state index contributed by atoms with van der Waals surface area (Å²) in [5, 5.41) is 0. The molecular weight excluding hydrogens is 272 g/mol. The summed E-state index contributed by atoms with van der Waals surface area (Å²) in [4.78, 5) is 0.463. The first-order valence-electron chi connectivity index (χ1n) is 6.30. The maximum atomic E-state index is 5.87. The van der Waals surface area contributed by atoms with Crippen LogP contribution < -0.4 is 0 Å². The van der Waals surface area contributed by atoms with Crippen LogP contribution in [0.5, 0.6) is 0 Å². The second-order valence-electron chi connectivity index (χ2n) is 4.53. The molecule has 1 heterocycles. The Hall–Kier alpha value is 0.360. The van der Waals surface area contributed by atoms with Gasteiger partial charge in [-0.05, 0) is 32.6 Å². The maximum Gasteiger partial charge on any atom is 0.0962 e. The first-order chi connectivity index (χ1) is 7.81. The van der Waals surface area contributed by atoms with Crippen LogP contribution in [0.25, 0.3) is 0 Å². The summed E-state index contributed by atoms with van der Waals surface area (Å²) in [7, 11) is 0. The fourth-order valence-corrected chi connectivity index (χ4v) is 3.13. The second kappa shape index (κ2) is 6.34. The molecule has 0 bridgehead atoms. The van der Waals surface area contributed by atoms with E-state index in [4.69, 9.17) is 14.2 Å². The highest BCUT2D eigenvalue weighted by atomic mass is 79.9. The number of rotatable bonds is 5. The Morgan fingerprint density at radius 3 is 2.81 bits per heavy atom. The van der Waals surface area contributed by atoms with Crippen molar-refractivity contribution < 1.29 is 14.2 Å². The summed E-state index contributed by atoms with van der Waals surface area (Å²) in [6.45, 7) is 4.41. The molecule has 3 nitrogen and oxygen atoms in total. The van der Waals surface area contributed by atoms with Gasteiger partial charge in [-0.2, -0.15) is 0 Å². The monoisotopic (exact) mass is 292 g/mol. The topological polar surface area (TPSA) is 27.7 Å². The van der Waals surface area contributed by atoms with Crippen LogP contribution in [0.4, 0.5) is 0 Å².